The Hall–Kier alpha value is -2.16. The molecule has 6 nitrogen and oxygen atoms in total. The highest BCUT2D eigenvalue weighted by Crippen LogP contribution is 2.34. The fourth-order valence-electron chi connectivity index (χ4n) is 1.94. The standard InChI is InChI=1S/C19H22ClN3O3S2/c1-19(2,17(24)25)28-18-23-14(11-27-18)9-10-26-16(22)8-7-15(21)12-3-5-13(20)6-4-12/h3-8,11H,9-10,21-22H2,1-2H3,(H,24,25)/b15-7-,16-8+. The largest absolute Gasteiger partial charge is 0.480 e. The summed E-state index contributed by atoms with van der Waals surface area (Å²) in [4.78, 5) is 15.6. The number of nitrogens with two attached hydrogens (primary N) is 2. The molecule has 0 unspecified atom stereocenters. The second-order valence-corrected chi connectivity index (χ2v) is 9.48. The topological polar surface area (TPSA) is 111 Å². The monoisotopic (exact) mass is 439 g/mol. The molecule has 1 heterocycles. The molecular formula is C19H22ClN3O3S2. The number of halogens is 1. The van der Waals surface area contributed by atoms with Crippen molar-refractivity contribution in [2.75, 3.05) is 6.61 Å². The number of hydrogen-bond donors (Lipinski definition) is 3. The van der Waals surface area contributed by atoms with Crippen molar-refractivity contribution in [1.82, 2.24) is 4.98 Å². The van der Waals surface area contributed by atoms with Crippen LogP contribution in [-0.2, 0) is 16.0 Å². The minimum atomic E-state index is -0.921. The molecule has 2 rings (SSSR count). The SMILES string of the molecule is CC(C)(Sc1nc(CCO/C(N)=C/C=C(\N)c2ccc(Cl)cc2)cs1)C(=O)O. The number of hydrogen-bond acceptors (Lipinski definition) is 7. The van der Waals surface area contributed by atoms with Crippen molar-refractivity contribution >= 4 is 46.4 Å². The number of thiazole rings is 1. The molecule has 0 atom stereocenters. The summed E-state index contributed by atoms with van der Waals surface area (Å²) in [5.74, 6) is -0.629. The van der Waals surface area contributed by atoms with Crippen LogP contribution in [-0.4, -0.2) is 27.4 Å². The highest BCUT2D eigenvalue weighted by atomic mass is 35.5. The zero-order valence-electron chi connectivity index (χ0n) is 15.5. The third kappa shape index (κ3) is 6.78. The van der Waals surface area contributed by atoms with Crippen LogP contribution in [0, 0.1) is 0 Å². The van der Waals surface area contributed by atoms with E-state index >= 15 is 0 Å². The van der Waals surface area contributed by atoms with Crippen LogP contribution in [0.3, 0.4) is 0 Å². The molecule has 5 N–H and O–H groups in total. The molecule has 28 heavy (non-hydrogen) atoms. The third-order valence-electron chi connectivity index (χ3n) is 3.62. The van der Waals surface area contributed by atoms with Gasteiger partial charge in [0.1, 0.15) is 4.75 Å². The van der Waals surface area contributed by atoms with Gasteiger partial charge in [-0.3, -0.25) is 4.79 Å². The minimum Gasteiger partial charge on any atom is -0.480 e. The lowest BCUT2D eigenvalue weighted by atomic mass is 10.1. The molecule has 0 radical (unpaired) electrons. The molecule has 1 aromatic heterocycles. The van der Waals surface area contributed by atoms with Gasteiger partial charge < -0.3 is 21.3 Å². The summed E-state index contributed by atoms with van der Waals surface area (Å²) in [6.45, 7) is 3.66. The van der Waals surface area contributed by atoms with Gasteiger partial charge in [0.2, 0.25) is 0 Å². The smallest absolute Gasteiger partial charge is 0.319 e. The van der Waals surface area contributed by atoms with Crippen molar-refractivity contribution in [2.45, 2.75) is 29.4 Å². The summed E-state index contributed by atoms with van der Waals surface area (Å²) in [5.41, 5.74) is 14.1. The molecule has 0 aliphatic rings. The van der Waals surface area contributed by atoms with E-state index < -0.39 is 10.7 Å². The van der Waals surface area contributed by atoms with Gasteiger partial charge in [0.05, 0.1) is 12.3 Å². The van der Waals surface area contributed by atoms with Gasteiger partial charge in [-0.05, 0) is 43.7 Å². The van der Waals surface area contributed by atoms with Crippen LogP contribution in [0.15, 0.2) is 52.0 Å². The normalized spacial score (nSPS) is 12.8. The summed E-state index contributed by atoms with van der Waals surface area (Å²) in [6, 6.07) is 7.17. The number of rotatable bonds is 9. The quantitative estimate of drug-likeness (QED) is 0.306. The molecule has 0 fully saturated rings. The molecule has 150 valence electrons. The van der Waals surface area contributed by atoms with Gasteiger partial charge in [-0.1, -0.05) is 35.5 Å². The number of thioether (sulfide) groups is 1. The van der Waals surface area contributed by atoms with Crippen LogP contribution in [0.1, 0.15) is 25.1 Å². The minimum absolute atomic E-state index is 0.244. The molecule has 0 aliphatic heterocycles. The van der Waals surface area contributed by atoms with Gasteiger partial charge in [-0.15, -0.1) is 11.3 Å². The van der Waals surface area contributed by atoms with E-state index in [1.807, 2.05) is 17.5 Å². The van der Waals surface area contributed by atoms with Crippen LogP contribution in [0.2, 0.25) is 5.02 Å². The lowest BCUT2D eigenvalue weighted by molar-refractivity contribution is -0.138. The fourth-order valence-corrected chi connectivity index (χ4v) is 4.30. The maximum Gasteiger partial charge on any atom is 0.319 e. The molecule has 9 heteroatoms. The predicted octanol–water partition coefficient (Wildman–Crippen LogP) is 4.11. The molecule has 1 aromatic carbocycles. The average Bonchev–Trinajstić information content (AvgIpc) is 3.06. The lowest BCUT2D eigenvalue weighted by Crippen LogP contribution is -2.26. The van der Waals surface area contributed by atoms with Crippen LogP contribution in [0.25, 0.3) is 5.70 Å². The lowest BCUT2D eigenvalue weighted by Gasteiger charge is -2.15. The number of allylic oxidation sites excluding steroid dienone is 2. The maximum absolute atomic E-state index is 11.2. The van der Waals surface area contributed by atoms with Crippen molar-refractivity contribution in [3.05, 3.63) is 64.0 Å². The molecular weight excluding hydrogens is 418 g/mol. The summed E-state index contributed by atoms with van der Waals surface area (Å²) >= 11 is 8.50. The summed E-state index contributed by atoms with van der Waals surface area (Å²) in [5, 5.41) is 11.7. The van der Waals surface area contributed by atoms with Gasteiger partial charge in [0.25, 0.3) is 0 Å². The van der Waals surface area contributed by atoms with Crippen LogP contribution < -0.4 is 11.5 Å². The molecule has 0 saturated heterocycles. The first-order valence-corrected chi connectivity index (χ1v) is 10.4. The summed E-state index contributed by atoms with van der Waals surface area (Å²) in [6.07, 6.45) is 3.83. The molecule has 2 aromatic rings. The first-order valence-electron chi connectivity index (χ1n) is 8.36. The van der Waals surface area contributed by atoms with Crippen LogP contribution in [0.5, 0.6) is 0 Å². The molecule has 0 amide bonds. The van der Waals surface area contributed by atoms with Crippen molar-refractivity contribution in [2.24, 2.45) is 11.5 Å². The Morgan fingerprint density at radius 1 is 1.32 bits per heavy atom. The van der Waals surface area contributed by atoms with Gasteiger partial charge >= 0.3 is 5.97 Å². The molecule has 0 aliphatic carbocycles. The number of benzene rings is 1. The van der Waals surface area contributed by atoms with Gasteiger partial charge in [0.15, 0.2) is 10.2 Å². The second-order valence-electron chi connectivity index (χ2n) is 6.32. The number of carboxylic acids is 1. The Bertz CT molecular complexity index is 877. The van der Waals surface area contributed by atoms with E-state index in [1.54, 1.807) is 38.1 Å². The highest BCUT2D eigenvalue weighted by molar-refractivity contribution is 8.02. The van der Waals surface area contributed by atoms with E-state index in [4.69, 9.17) is 27.8 Å². The zero-order chi connectivity index (χ0) is 20.7. The van der Waals surface area contributed by atoms with E-state index in [1.165, 1.54) is 23.1 Å². The fraction of sp³-hybridized carbons (Fsp3) is 0.263. The zero-order valence-corrected chi connectivity index (χ0v) is 17.9. The van der Waals surface area contributed by atoms with Crippen molar-refractivity contribution in [3.8, 4) is 0 Å². The second kappa shape index (κ2) is 9.86. The Morgan fingerprint density at radius 3 is 2.64 bits per heavy atom. The Labute approximate surface area is 177 Å². The van der Waals surface area contributed by atoms with Gasteiger partial charge in [-0.2, -0.15) is 0 Å². The number of carboxylic acid groups (broad SMARTS) is 1. The first-order chi connectivity index (χ1) is 13.2. The van der Waals surface area contributed by atoms with E-state index in [0.29, 0.717) is 28.1 Å². The van der Waals surface area contributed by atoms with Crippen molar-refractivity contribution in [1.29, 1.82) is 0 Å². The van der Waals surface area contributed by atoms with Gasteiger partial charge in [0, 0.05) is 22.5 Å². The van der Waals surface area contributed by atoms with Crippen molar-refractivity contribution < 1.29 is 14.6 Å². The van der Waals surface area contributed by atoms with E-state index in [9.17, 15) is 9.90 Å². The number of carbonyl (C=O) groups is 1. The highest BCUT2D eigenvalue weighted by Gasteiger charge is 2.29. The molecule has 0 bridgehead atoms. The van der Waals surface area contributed by atoms with Crippen LogP contribution >= 0.6 is 34.7 Å². The maximum atomic E-state index is 11.2. The Morgan fingerprint density at radius 2 is 2.00 bits per heavy atom. The Balaban J connectivity index is 1.84. The van der Waals surface area contributed by atoms with E-state index in [-0.39, 0.29) is 5.88 Å². The number of ether oxygens (including phenoxy) is 1. The van der Waals surface area contributed by atoms with Crippen LogP contribution in [0.4, 0.5) is 0 Å². The molecule has 0 saturated carbocycles. The van der Waals surface area contributed by atoms with Gasteiger partial charge in [-0.25, -0.2) is 4.98 Å². The predicted molar refractivity (Wildman–Crippen MR) is 115 cm³/mol. The van der Waals surface area contributed by atoms with E-state index in [2.05, 4.69) is 4.98 Å². The Kier molecular flexibility index (Phi) is 7.79. The number of aliphatic carboxylic acids is 1. The average molecular weight is 440 g/mol. The summed E-state index contributed by atoms with van der Waals surface area (Å²) in [7, 11) is 0. The van der Waals surface area contributed by atoms with Crippen molar-refractivity contribution in [3.63, 3.8) is 0 Å². The number of nitrogens with zero attached hydrogens (tertiary/aromatic N) is 1. The first kappa shape index (κ1) is 22.1. The van der Waals surface area contributed by atoms with E-state index in [0.717, 1.165) is 11.3 Å². The molecule has 0 spiro atoms. The number of aromatic nitrogens is 1. The summed E-state index contributed by atoms with van der Waals surface area (Å²) < 4.78 is 5.27. The third-order valence-corrected chi connectivity index (χ3v) is 6.04.